The van der Waals surface area contributed by atoms with Gasteiger partial charge in [-0.25, -0.2) is 4.98 Å². The molecule has 0 radical (unpaired) electrons. The van der Waals surface area contributed by atoms with Crippen LogP contribution in [0.4, 0.5) is 19.0 Å². The van der Waals surface area contributed by atoms with Gasteiger partial charge in [0, 0.05) is 18.8 Å². The third-order valence-corrected chi connectivity index (χ3v) is 5.87. The molecule has 1 unspecified atom stereocenters. The van der Waals surface area contributed by atoms with Crippen molar-refractivity contribution in [1.82, 2.24) is 4.98 Å². The Morgan fingerprint density at radius 2 is 1.65 bits per heavy atom. The van der Waals surface area contributed by atoms with E-state index in [0.29, 0.717) is 17.4 Å². The van der Waals surface area contributed by atoms with Crippen molar-refractivity contribution in [2.45, 2.75) is 38.8 Å². The molecular weight excluding hydrogens is 337 g/mol. The number of anilines is 1. The molecule has 138 valence electrons. The van der Waals surface area contributed by atoms with Crippen molar-refractivity contribution in [2.24, 2.45) is 11.8 Å². The molecule has 2 aromatic rings. The molecule has 0 bridgehead atoms. The molecule has 5 heteroatoms. The lowest BCUT2D eigenvalue weighted by Crippen LogP contribution is -2.23. The van der Waals surface area contributed by atoms with Gasteiger partial charge in [-0.2, -0.15) is 13.2 Å². The molecule has 1 saturated carbocycles. The summed E-state index contributed by atoms with van der Waals surface area (Å²) in [5, 5.41) is 0. The smallest absolute Gasteiger partial charge is 0.356 e. The lowest BCUT2D eigenvalue weighted by Gasteiger charge is -2.22. The molecule has 26 heavy (non-hydrogen) atoms. The standard InChI is InChI=1S/C21H23F3N2/c1-13-7-14(2)25-20(8-13)26-11-16-9-15(10-17(16)12-26)18-5-3-4-6-19(18)21(22,23)24/h3-8,15-17H,9-12H2,1-2H3/t15?,16-,17+. The molecule has 1 aliphatic carbocycles. The van der Waals surface area contributed by atoms with Crippen LogP contribution < -0.4 is 4.90 Å². The van der Waals surface area contributed by atoms with Crippen LogP contribution in [0.3, 0.4) is 0 Å². The number of aryl methyl sites for hydroxylation is 2. The van der Waals surface area contributed by atoms with Gasteiger partial charge in [-0.05, 0) is 73.8 Å². The largest absolute Gasteiger partial charge is 0.416 e. The number of fused-ring (bicyclic) bond motifs is 1. The molecule has 0 spiro atoms. The highest BCUT2D eigenvalue weighted by Gasteiger charge is 2.44. The number of pyridine rings is 1. The van der Waals surface area contributed by atoms with E-state index in [-0.39, 0.29) is 5.92 Å². The first-order chi connectivity index (χ1) is 12.3. The molecule has 2 fully saturated rings. The van der Waals surface area contributed by atoms with E-state index in [1.54, 1.807) is 12.1 Å². The van der Waals surface area contributed by atoms with Gasteiger partial charge in [-0.15, -0.1) is 0 Å². The van der Waals surface area contributed by atoms with Crippen molar-refractivity contribution in [3.63, 3.8) is 0 Å². The van der Waals surface area contributed by atoms with Crippen molar-refractivity contribution in [3.05, 3.63) is 58.8 Å². The van der Waals surface area contributed by atoms with Crippen LogP contribution in [0, 0.1) is 25.7 Å². The maximum absolute atomic E-state index is 13.3. The Bertz CT molecular complexity index is 781. The second-order valence-corrected chi connectivity index (χ2v) is 7.82. The van der Waals surface area contributed by atoms with Gasteiger partial charge in [0.2, 0.25) is 0 Å². The van der Waals surface area contributed by atoms with E-state index in [2.05, 4.69) is 28.9 Å². The van der Waals surface area contributed by atoms with Crippen molar-refractivity contribution in [1.29, 1.82) is 0 Å². The monoisotopic (exact) mass is 360 g/mol. The van der Waals surface area contributed by atoms with Gasteiger partial charge in [-0.1, -0.05) is 18.2 Å². The van der Waals surface area contributed by atoms with Crippen LogP contribution in [0.2, 0.25) is 0 Å². The fourth-order valence-electron chi connectivity index (χ4n) is 4.83. The Hall–Kier alpha value is -2.04. The zero-order valence-electron chi connectivity index (χ0n) is 15.1. The Kier molecular flexibility index (Phi) is 4.20. The average Bonchev–Trinajstić information content (AvgIpc) is 3.12. The Morgan fingerprint density at radius 3 is 2.27 bits per heavy atom. The maximum atomic E-state index is 13.3. The zero-order chi connectivity index (χ0) is 18.5. The maximum Gasteiger partial charge on any atom is 0.416 e. The number of benzene rings is 1. The van der Waals surface area contributed by atoms with Gasteiger partial charge < -0.3 is 4.90 Å². The molecule has 1 aromatic carbocycles. The molecule has 4 rings (SSSR count). The Morgan fingerprint density at radius 1 is 1.00 bits per heavy atom. The molecule has 2 aliphatic rings. The normalized spacial score (nSPS) is 25.6. The molecule has 1 aromatic heterocycles. The minimum Gasteiger partial charge on any atom is -0.356 e. The van der Waals surface area contributed by atoms with Crippen LogP contribution >= 0.6 is 0 Å². The number of hydrogen-bond acceptors (Lipinski definition) is 2. The fraction of sp³-hybridized carbons (Fsp3) is 0.476. The van der Waals surface area contributed by atoms with Gasteiger partial charge in [0.15, 0.2) is 0 Å². The number of hydrogen-bond donors (Lipinski definition) is 0. The van der Waals surface area contributed by atoms with Crippen LogP contribution in [0.15, 0.2) is 36.4 Å². The predicted molar refractivity (Wildman–Crippen MR) is 96.3 cm³/mol. The highest BCUT2D eigenvalue weighted by atomic mass is 19.4. The minimum atomic E-state index is -4.27. The van der Waals surface area contributed by atoms with Crippen LogP contribution in [-0.4, -0.2) is 18.1 Å². The highest BCUT2D eigenvalue weighted by Crippen LogP contribution is 2.49. The number of aromatic nitrogens is 1. The molecular formula is C21H23F3N2. The second-order valence-electron chi connectivity index (χ2n) is 7.82. The number of nitrogens with zero attached hydrogens (tertiary/aromatic N) is 2. The summed E-state index contributed by atoms with van der Waals surface area (Å²) in [5.41, 5.74) is 2.22. The predicted octanol–water partition coefficient (Wildman–Crippen LogP) is 5.35. The fourth-order valence-corrected chi connectivity index (χ4v) is 4.83. The molecule has 2 heterocycles. The van der Waals surface area contributed by atoms with Crippen molar-refractivity contribution in [2.75, 3.05) is 18.0 Å². The molecule has 1 aliphatic heterocycles. The van der Waals surface area contributed by atoms with Crippen molar-refractivity contribution < 1.29 is 13.2 Å². The summed E-state index contributed by atoms with van der Waals surface area (Å²) < 4.78 is 40.0. The highest BCUT2D eigenvalue weighted by molar-refractivity contribution is 5.44. The van der Waals surface area contributed by atoms with Gasteiger partial charge in [0.1, 0.15) is 5.82 Å². The first kappa shape index (κ1) is 17.4. The summed E-state index contributed by atoms with van der Waals surface area (Å²) in [6.07, 6.45) is -2.61. The summed E-state index contributed by atoms with van der Waals surface area (Å²) in [4.78, 5) is 6.95. The number of halogens is 3. The summed E-state index contributed by atoms with van der Waals surface area (Å²) in [6, 6.07) is 10.3. The first-order valence-corrected chi connectivity index (χ1v) is 9.17. The van der Waals surface area contributed by atoms with E-state index >= 15 is 0 Å². The molecule has 0 amide bonds. The topological polar surface area (TPSA) is 16.1 Å². The molecule has 0 N–H and O–H groups in total. The lowest BCUT2D eigenvalue weighted by atomic mass is 9.91. The SMILES string of the molecule is Cc1cc(C)nc(N2C[C@H]3CC(c4ccccc4C(F)(F)F)C[C@H]3C2)c1. The van der Waals surface area contributed by atoms with Crippen LogP contribution in [0.5, 0.6) is 0 Å². The van der Waals surface area contributed by atoms with E-state index in [1.165, 1.54) is 17.7 Å². The molecule has 1 saturated heterocycles. The van der Waals surface area contributed by atoms with Gasteiger partial charge in [0.05, 0.1) is 5.56 Å². The van der Waals surface area contributed by atoms with E-state index in [0.717, 1.165) is 37.4 Å². The van der Waals surface area contributed by atoms with E-state index in [4.69, 9.17) is 0 Å². The minimum absolute atomic E-state index is 0.0113. The van der Waals surface area contributed by atoms with Crippen LogP contribution in [0.25, 0.3) is 0 Å². The van der Waals surface area contributed by atoms with Gasteiger partial charge >= 0.3 is 6.18 Å². The van der Waals surface area contributed by atoms with E-state index in [1.807, 2.05) is 6.92 Å². The molecule has 3 atom stereocenters. The quantitative estimate of drug-likeness (QED) is 0.718. The average molecular weight is 360 g/mol. The Labute approximate surface area is 152 Å². The summed E-state index contributed by atoms with van der Waals surface area (Å²) in [7, 11) is 0. The molecule has 2 nitrogen and oxygen atoms in total. The lowest BCUT2D eigenvalue weighted by molar-refractivity contribution is -0.138. The third-order valence-electron chi connectivity index (χ3n) is 5.87. The van der Waals surface area contributed by atoms with E-state index < -0.39 is 11.7 Å². The second kappa shape index (κ2) is 6.29. The summed E-state index contributed by atoms with van der Waals surface area (Å²) in [6.45, 7) is 5.85. The number of rotatable bonds is 2. The van der Waals surface area contributed by atoms with Crippen LogP contribution in [0.1, 0.15) is 41.1 Å². The van der Waals surface area contributed by atoms with Crippen LogP contribution in [-0.2, 0) is 6.18 Å². The third kappa shape index (κ3) is 3.19. The van der Waals surface area contributed by atoms with Gasteiger partial charge in [0.25, 0.3) is 0 Å². The summed E-state index contributed by atoms with van der Waals surface area (Å²) in [5.74, 6) is 1.91. The first-order valence-electron chi connectivity index (χ1n) is 9.17. The van der Waals surface area contributed by atoms with Gasteiger partial charge in [-0.3, -0.25) is 0 Å². The summed E-state index contributed by atoms with van der Waals surface area (Å²) >= 11 is 0. The van der Waals surface area contributed by atoms with E-state index in [9.17, 15) is 13.2 Å². The number of alkyl halides is 3. The Balaban J connectivity index is 1.51. The van der Waals surface area contributed by atoms with Crippen molar-refractivity contribution >= 4 is 5.82 Å². The van der Waals surface area contributed by atoms with Crippen molar-refractivity contribution in [3.8, 4) is 0 Å². The zero-order valence-corrected chi connectivity index (χ0v) is 15.1.